The number of carboxylic acids is 1. The summed E-state index contributed by atoms with van der Waals surface area (Å²) >= 11 is 0. The van der Waals surface area contributed by atoms with E-state index in [4.69, 9.17) is 14.6 Å². The Morgan fingerprint density at radius 1 is 1.30 bits per heavy atom. The molecule has 0 bridgehead atoms. The minimum absolute atomic E-state index is 0.00889. The first kappa shape index (κ1) is 19.1. The van der Waals surface area contributed by atoms with Crippen LogP contribution in [0.25, 0.3) is 16.7 Å². The molecule has 3 aromatic rings. The van der Waals surface area contributed by atoms with Gasteiger partial charge in [0.05, 0.1) is 42.0 Å². The Morgan fingerprint density at radius 3 is 2.63 bits per heavy atom. The Hall–Kier alpha value is -2.93. The summed E-state index contributed by atoms with van der Waals surface area (Å²) in [6.07, 6.45) is 4.28. The molecule has 1 aromatic carbocycles. The van der Waals surface area contributed by atoms with E-state index in [1.807, 2.05) is 30.3 Å². The Morgan fingerprint density at radius 2 is 2.07 bits per heavy atom. The summed E-state index contributed by atoms with van der Waals surface area (Å²) in [6, 6.07) is 11.3. The fraction of sp³-hybridized carbons (Fsp3) is 0.435. The second-order valence-corrected chi connectivity index (χ2v) is 8.40. The van der Waals surface area contributed by atoms with Crippen LogP contribution in [-0.2, 0) is 4.74 Å². The minimum Gasteiger partial charge on any atom is -0.492 e. The number of hydrogen-bond acceptors (Lipinski definition) is 5. The summed E-state index contributed by atoms with van der Waals surface area (Å²) in [5, 5.41) is 15.4. The van der Waals surface area contributed by atoms with Crippen LogP contribution in [0.5, 0.6) is 5.75 Å². The van der Waals surface area contributed by atoms with Gasteiger partial charge >= 0.3 is 5.97 Å². The van der Waals surface area contributed by atoms with Gasteiger partial charge in [-0.2, -0.15) is 5.10 Å². The first-order valence-corrected chi connectivity index (χ1v) is 10.5. The highest BCUT2D eigenvalue weighted by Gasteiger charge is 2.38. The van der Waals surface area contributed by atoms with E-state index < -0.39 is 5.97 Å². The van der Waals surface area contributed by atoms with E-state index in [9.17, 15) is 9.90 Å². The van der Waals surface area contributed by atoms with Crippen molar-refractivity contribution in [2.24, 2.45) is 5.41 Å². The van der Waals surface area contributed by atoms with E-state index >= 15 is 0 Å². The summed E-state index contributed by atoms with van der Waals surface area (Å²) in [7, 11) is 0. The Balaban J connectivity index is 1.67. The van der Waals surface area contributed by atoms with E-state index in [1.54, 1.807) is 10.7 Å². The predicted molar refractivity (Wildman–Crippen MR) is 111 cm³/mol. The Bertz CT molecular complexity index is 1080. The molecule has 7 nitrogen and oxygen atoms in total. The van der Waals surface area contributed by atoms with Crippen LogP contribution in [-0.4, -0.2) is 45.7 Å². The molecule has 0 amide bonds. The van der Waals surface area contributed by atoms with E-state index in [-0.39, 0.29) is 11.1 Å². The van der Waals surface area contributed by atoms with Crippen molar-refractivity contribution >= 4 is 17.0 Å². The van der Waals surface area contributed by atoms with Crippen LogP contribution in [0, 0.1) is 5.41 Å². The van der Waals surface area contributed by atoms with Crippen molar-refractivity contribution in [2.45, 2.75) is 38.5 Å². The fourth-order valence-electron chi connectivity index (χ4n) is 4.06. The lowest BCUT2D eigenvalue weighted by atomic mass is 9.82. The second kappa shape index (κ2) is 7.40. The summed E-state index contributed by atoms with van der Waals surface area (Å²) in [6.45, 7) is 3.96. The van der Waals surface area contributed by atoms with Crippen LogP contribution >= 0.6 is 0 Å². The van der Waals surface area contributed by atoms with Crippen molar-refractivity contribution in [1.29, 1.82) is 0 Å². The van der Waals surface area contributed by atoms with Crippen LogP contribution in [0.4, 0.5) is 0 Å². The predicted octanol–water partition coefficient (Wildman–Crippen LogP) is 4.19. The van der Waals surface area contributed by atoms with Gasteiger partial charge in [-0.3, -0.25) is 0 Å². The molecule has 0 spiro atoms. The normalized spacial score (nSPS) is 18.0. The lowest BCUT2D eigenvalue weighted by molar-refractivity contribution is -0.133. The monoisotopic (exact) mass is 407 g/mol. The van der Waals surface area contributed by atoms with Gasteiger partial charge in [-0.15, -0.1) is 0 Å². The summed E-state index contributed by atoms with van der Waals surface area (Å²) in [5.41, 5.74) is 2.30. The number of rotatable bonds is 7. The number of nitrogens with zero attached hydrogens (tertiary/aromatic N) is 3. The van der Waals surface area contributed by atoms with Crippen LogP contribution in [0.2, 0.25) is 0 Å². The maximum atomic E-state index is 11.8. The van der Waals surface area contributed by atoms with Crippen molar-refractivity contribution in [3.05, 3.63) is 47.8 Å². The molecule has 1 saturated carbocycles. The van der Waals surface area contributed by atoms with Gasteiger partial charge in [0.25, 0.3) is 0 Å². The molecule has 3 heterocycles. The van der Waals surface area contributed by atoms with Crippen molar-refractivity contribution < 1.29 is 19.4 Å². The van der Waals surface area contributed by atoms with E-state index in [0.29, 0.717) is 37.1 Å². The molecule has 0 radical (unpaired) electrons. The molecule has 2 aromatic heterocycles. The van der Waals surface area contributed by atoms with Crippen LogP contribution in [0.1, 0.15) is 54.7 Å². The number of pyridine rings is 1. The zero-order chi connectivity index (χ0) is 20.7. The SMILES string of the molecule is CCC1(COc2cc(C(=O)O)nc3c2c(C2CCC2)nn3-c2ccccc2)COC1. The average molecular weight is 407 g/mol. The third-order valence-electron chi connectivity index (χ3n) is 6.44. The fourth-order valence-corrected chi connectivity index (χ4v) is 4.06. The molecule has 2 aliphatic rings. The van der Waals surface area contributed by atoms with Crippen molar-refractivity contribution in [3.63, 3.8) is 0 Å². The lowest BCUT2D eigenvalue weighted by Gasteiger charge is -2.40. The number of aromatic nitrogens is 3. The molecule has 1 saturated heterocycles. The van der Waals surface area contributed by atoms with Gasteiger partial charge < -0.3 is 14.6 Å². The molecule has 1 aliphatic heterocycles. The molecule has 156 valence electrons. The third-order valence-corrected chi connectivity index (χ3v) is 6.44. The second-order valence-electron chi connectivity index (χ2n) is 8.40. The van der Waals surface area contributed by atoms with Gasteiger partial charge in [-0.25, -0.2) is 14.5 Å². The maximum absolute atomic E-state index is 11.8. The van der Waals surface area contributed by atoms with Crippen molar-refractivity contribution in [1.82, 2.24) is 14.8 Å². The summed E-state index contributed by atoms with van der Waals surface area (Å²) < 4.78 is 13.4. The standard InChI is InChI=1S/C23H25N3O4/c1-2-23(12-29-13-23)14-30-18-11-17(22(27)28)24-21-19(18)20(15-7-6-8-15)25-26(21)16-9-4-3-5-10-16/h3-5,9-11,15H,2,6-8,12-14H2,1H3,(H,27,28). The molecule has 0 atom stereocenters. The van der Waals surface area contributed by atoms with Gasteiger partial charge in [-0.05, 0) is 31.4 Å². The van der Waals surface area contributed by atoms with E-state index in [1.165, 1.54) is 6.42 Å². The molecular formula is C23H25N3O4. The smallest absolute Gasteiger partial charge is 0.354 e. The van der Waals surface area contributed by atoms with Gasteiger partial charge in [0.2, 0.25) is 0 Å². The number of para-hydroxylation sites is 1. The highest BCUT2D eigenvalue weighted by Crippen LogP contribution is 2.43. The van der Waals surface area contributed by atoms with E-state index in [0.717, 1.165) is 36.0 Å². The molecular weight excluding hydrogens is 382 g/mol. The molecule has 30 heavy (non-hydrogen) atoms. The Labute approximate surface area is 174 Å². The van der Waals surface area contributed by atoms with Crippen LogP contribution in [0.3, 0.4) is 0 Å². The zero-order valence-corrected chi connectivity index (χ0v) is 17.0. The van der Waals surface area contributed by atoms with Crippen molar-refractivity contribution in [3.8, 4) is 11.4 Å². The number of ether oxygens (including phenoxy) is 2. The van der Waals surface area contributed by atoms with Gasteiger partial charge in [0, 0.05) is 12.0 Å². The molecule has 2 fully saturated rings. The Kier molecular flexibility index (Phi) is 4.70. The highest BCUT2D eigenvalue weighted by atomic mass is 16.5. The summed E-state index contributed by atoms with van der Waals surface area (Å²) in [4.78, 5) is 16.3. The number of fused-ring (bicyclic) bond motifs is 1. The molecule has 1 aliphatic carbocycles. The minimum atomic E-state index is -1.08. The molecule has 5 rings (SSSR count). The number of benzene rings is 1. The first-order valence-electron chi connectivity index (χ1n) is 10.5. The highest BCUT2D eigenvalue weighted by molar-refractivity contribution is 5.94. The number of hydrogen-bond donors (Lipinski definition) is 1. The number of carboxylic acid groups (broad SMARTS) is 1. The average Bonchev–Trinajstić information content (AvgIpc) is 3.06. The van der Waals surface area contributed by atoms with E-state index in [2.05, 4.69) is 11.9 Å². The van der Waals surface area contributed by atoms with Crippen LogP contribution in [0.15, 0.2) is 36.4 Å². The maximum Gasteiger partial charge on any atom is 0.354 e. The van der Waals surface area contributed by atoms with Gasteiger partial charge in [-0.1, -0.05) is 31.5 Å². The molecule has 7 heteroatoms. The van der Waals surface area contributed by atoms with Crippen molar-refractivity contribution in [2.75, 3.05) is 19.8 Å². The molecule has 0 unspecified atom stereocenters. The largest absolute Gasteiger partial charge is 0.492 e. The topological polar surface area (TPSA) is 86.5 Å². The first-order chi connectivity index (χ1) is 14.6. The zero-order valence-electron chi connectivity index (χ0n) is 17.0. The summed E-state index contributed by atoms with van der Waals surface area (Å²) in [5.74, 6) is -0.171. The van der Waals surface area contributed by atoms with Gasteiger partial charge in [0.15, 0.2) is 11.3 Å². The van der Waals surface area contributed by atoms with Crippen LogP contribution < -0.4 is 4.74 Å². The van der Waals surface area contributed by atoms with Gasteiger partial charge in [0.1, 0.15) is 5.75 Å². The third kappa shape index (κ3) is 3.13. The number of aromatic carboxylic acids is 1. The lowest BCUT2D eigenvalue weighted by Crippen LogP contribution is -2.46. The quantitative estimate of drug-likeness (QED) is 0.632. The molecule has 1 N–H and O–H groups in total. The number of carbonyl (C=O) groups is 1.